The van der Waals surface area contributed by atoms with Crippen molar-refractivity contribution >= 4 is 53.2 Å². The van der Waals surface area contributed by atoms with E-state index in [1.165, 1.54) is 24.5 Å². The Labute approximate surface area is 662 Å². The molecular formula is C90H97F5N10O9. The Morgan fingerprint density at radius 2 is 0.412 bits per heavy atom. The quantitative estimate of drug-likeness (QED) is 0.0215. The van der Waals surface area contributed by atoms with Gasteiger partial charge in [-0.1, -0.05) is 243 Å². The second-order valence-electron chi connectivity index (χ2n) is 28.4. The molecule has 596 valence electrons. The third-order valence-corrected chi connectivity index (χ3v) is 21.3. The molecule has 0 aliphatic rings. The summed E-state index contributed by atoms with van der Waals surface area (Å²) in [7, 11) is 0. The van der Waals surface area contributed by atoms with Crippen molar-refractivity contribution in [2.45, 2.75) is 117 Å². The zero-order valence-corrected chi connectivity index (χ0v) is 65.4. The first-order valence-electron chi connectivity index (χ1n) is 37.9. The molecule has 9 amide bonds. The maximum absolute atomic E-state index is 16.5. The highest BCUT2D eigenvalue weighted by molar-refractivity contribution is 5.95. The minimum atomic E-state index is -2.50. The number of primary amides is 1. The third kappa shape index (κ3) is 21.5. The average Bonchev–Trinajstić information content (AvgIpc) is 0.766. The minimum Gasteiger partial charge on any atom is -0.368 e. The number of amides is 9. The molecule has 9 rings (SSSR count). The van der Waals surface area contributed by atoms with Gasteiger partial charge in [-0.05, 0) is 107 Å². The topological polar surface area (TPSA) is 218 Å². The summed E-state index contributed by atoms with van der Waals surface area (Å²) in [6, 6.07) is 61.0. The van der Waals surface area contributed by atoms with E-state index < -0.39 is 189 Å². The lowest BCUT2D eigenvalue weighted by Crippen LogP contribution is -2.53. The molecule has 0 aliphatic carbocycles. The molecule has 9 atom stereocenters. The number of halogens is 5. The number of hydrogen-bond acceptors (Lipinski definition) is 10. The summed E-state index contributed by atoms with van der Waals surface area (Å²) in [5.41, 5.74) is 9.03. The summed E-state index contributed by atoms with van der Waals surface area (Å²) in [4.78, 5) is 146. The molecule has 19 nitrogen and oxygen atoms in total. The smallest absolute Gasteiger partial charge is 0.243 e. The Kier molecular flexibility index (Phi) is 30.4. The van der Waals surface area contributed by atoms with Gasteiger partial charge in [-0.2, -0.15) is 0 Å². The normalized spacial score (nSPS) is 13.6. The number of hydrogen-bond donors (Lipinski definition) is 2. The first-order valence-corrected chi connectivity index (χ1v) is 37.9. The van der Waals surface area contributed by atoms with E-state index in [0.717, 1.165) is 22.3 Å². The fourth-order valence-electron chi connectivity index (χ4n) is 14.1. The van der Waals surface area contributed by atoms with E-state index >= 15 is 50.7 Å². The predicted octanol–water partition coefficient (Wildman–Crippen LogP) is 14.2. The molecule has 114 heavy (non-hydrogen) atoms. The lowest BCUT2D eigenvalue weighted by molar-refractivity contribution is -0.152. The number of rotatable bonds is 36. The van der Waals surface area contributed by atoms with Crippen LogP contribution in [0.4, 0.5) is 22.0 Å². The van der Waals surface area contributed by atoms with Gasteiger partial charge >= 0.3 is 0 Å². The molecule has 0 fully saturated rings. The van der Waals surface area contributed by atoms with Crippen LogP contribution in [0.5, 0.6) is 0 Å². The van der Waals surface area contributed by atoms with Gasteiger partial charge in [-0.15, -0.1) is 0 Å². The predicted molar refractivity (Wildman–Crippen MR) is 424 cm³/mol. The van der Waals surface area contributed by atoms with E-state index in [0.29, 0.717) is 43.8 Å². The lowest BCUT2D eigenvalue weighted by Gasteiger charge is -2.39. The fourth-order valence-corrected chi connectivity index (χ4v) is 14.1. The second-order valence-corrected chi connectivity index (χ2v) is 28.4. The highest BCUT2D eigenvalue weighted by Crippen LogP contribution is 2.35. The van der Waals surface area contributed by atoms with Crippen molar-refractivity contribution < 1.29 is 65.1 Å². The van der Waals surface area contributed by atoms with Gasteiger partial charge in [0.05, 0.1) is 67.0 Å². The molecule has 0 unspecified atom stereocenters. The van der Waals surface area contributed by atoms with Gasteiger partial charge in [0, 0.05) is 6.04 Å². The van der Waals surface area contributed by atoms with Gasteiger partial charge < -0.3 is 50.2 Å². The van der Waals surface area contributed by atoms with Crippen molar-refractivity contribution in [1.29, 1.82) is 0 Å². The summed E-state index contributed by atoms with van der Waals surface area (Å²) in [6.45, 7) is 7.76. The molecule has 9 aromatic rings. The Bertz CT molecular complexity index is 4720. The molecule has 0 saturated carbocycles. The largest absolute Gasteiger partial charge is 0.368 e. The maximum atomic E-state index is 16.5. The summed E-state index contributed by atoms with van der Waals surface area (Å²) in [5, 5.41) is 3.24. The van der Waals surface area contributed by atoms with E-state index in [2.05, 4.69) is 5.32 Å². The van der Waals surface area contributed by atoms with Crippen LogP contribution in [0.25, 0.3) is 0 Å². The Morgan fingerprint density at radius 1 is 0.246 bits per heavy atom. The molecule has 0 aliphatic heterocycles. The summed E-state index contributed by atoms with van der Waals surface area (Å²) in [6.07, 6.45) is 0. The van der Waals surface area contributed by atoms with Crippen LogP contribution in [0.3, 0.4) is 0 Å². The van der Waals surface area contributed by atoms with Crippen molar-refractivity contribution in [3.05, 3.63) is 322 Å². The first kappa shape index (κ1) is 85.8. The van der Waals surface area contributed by atoms with Crippen molar-refractivity contribution in [3.63, 3.8) is 0 Å². The molecule has 0 aromatic heterocycles. The van der Waals surface area contributed by atoms with Crippen molar-refractivity contribution in [3.8, 4) is 0 Å². The average molecular weight is 1560 g/mol. The molecule has 0 bridgehead atoms. The zero-order valence-electron chi connectivity index (χ0n) is 65.4. The zero-order chi connectivity index (χ0) is 82.4. The molecular weight excluding hydrogens is 1460 g/mol. The van der Waals surface area contributed by atoms with Crippen molar-refractivity contribution in [2.24, 2.45) is 5.73 Å². The number of carbonyl (C=O) groups excluding carboxylic acids is 9. The maximum Gasteiger partial charge on any atom is 0.243 e. The van der Waals surface area contributed by atoms with Crippen LogP contribution in [-0.4, -0.2) is 151 Å². The summed E-state index contributed by atoms with van der Waals surface area (Å²) < 4.78 is 79.3. The van der Waals surface area contributed by atoms with Crippen molar-refractivity contribution in [1.82, 2.24) is 44.5 Å². The Morgan fingerprint density at radius 3 is 0.614 bits per heavy atom. The van der Waals surface area contributed by atoms with Crippen molar-refractivity contribution in [2.75, 3.05) is 58.9 Å². The van der Waals surface area contributed by atoms with Crippen LogP contribution in [0.1, 0.15) is 167 Å². The van der Waals surface area contributed by atoms with E-state index in [-0.39, 0.29) is 12.6 Å². The number of nitrogens with one attached hydrogen (secondary N) is 1. The molecule has 3 N–H and O–H groups in total. The van der Waals surface area contributed by atoms with Crippen LogP contribution in [0.2, 0.25) is 0 Å². The number of benzene rings is 9. The third-order valence-electron chi connectivity index (χ3n) is 21.3. The first-order chi connectivity index (χ1) is 54.6. The van der Waals surface area contributed by atoms with Gasteiger partial charge in [0.1, 0.15) is 45.8 Å². The monoisotopic (exact) mass is 1560 g/mol. The highest BCUT2D eigenvalue weighted by Gasteiger charge is 2.41. The molecule has 9 aromatic carbocycles. The van der Waals surface area contributed by atoms with Gasteiger partial charge in [0.2, 0.25) is 59.0 Å². The molecule has 0 heterocycles. The number of nitrogens with zero attached hydrogens (tertiary/aromatic N) is 8. The van der Waals surface area contributed by atoms with Gasteiger partial charge in [-0.3, -0.25) is 43.2 Å². The Hall–Kier alpha value is -12.2. The fraction of sp³-hybridized carbons (Fsp3) is 0.300. The standard InChI is InChI=1S/C90H97F5N10O9/c1-59(68-34-18-10-19-35-68)97-50-77(107)99(61(3)70-38-22-12-23-39-70)52-79(109)104(66(8)75-48-32-17-33-49-75)57-84(114)105(67(9)85-86(91)88(93)90(95)89(94)87(85)92)58-83(113)103(65(7)74-46-30-16-31-47-74)56-82(112)102(64(6)73-44-28-15-29-45-73)55-81(111)101(63(5)72-42-26-14-27-43-72)54-80(110)100(62(4)71-40-24-13-25-41-71)53-78(108)98(51-76(96)106)60(2)69-36-20-11-21-37-69/h10-49,59-67,97H,50-58H2,1-9H3,(H2,96,106)/t59-,60-,61-,62-,63-,64-,65-,66-,67-/m0/s1. The SMILES string of the molecule is C[C@H](NCC(=O)N(CC(=O)N(CC(=O)N(CC(=O)N(CC(=O)N(CC(=O)N(CC(=O)N(CC(=O)N(CC(N)=O)[C@@H](C)c1ccccc1)[C@@H](C)c1ccccc1)[C@@H](C)c1ccccc1)[C@@H](C)c1ccccc1)[C@@H](C)c1ccccc1)[C@@H](C)c1c(F)c(F)c(F)c(F)c1F)[C@@H](C)c1ccccc1)[C@@H](C)c1ccccc1)c1ccccc1. The van der Waals surface area contributed by atoms with Gasteiger partial charge in [-0.25, -0.2) is 22.0 Å². The number of nitrogens with two attached hydrogens (primary N) is 1. The van der Waals surface area contributed by atoms with Crippen LogP contribution in [-0.2, 0) is 43.2 Å². The van der Waals surface area contributed by atoms with Crippen LogP contribution in [0.15, 0.2) is 243 Å². The number of carbonyl (C=O) groups is 9. The second kappa shape index (κ2) is 40.3. The highest BCUT2D eigenvalue weighted by atomic mass is 19.2. The van der Waals surface area contributed by atoms with Gasteiger partial charge in [0.25, 0.3) is 0 Å². The Balaban J connectivity index is 1.10. The van der Waals surface area contributed by atoms with E-state index in [4.69, 9.17) is 5.73 Å². The van der Waals surface area contributed by atoms with Crippen LogP contribution < -0.4 is 11.1 Å². The van der Waals surface area contributed by atoms with E-state index in [1.807, 2.05) is 37.3 Å². The summed E-state index contributed by atoms with van der Waals surface area (Å²) >= 11 is 0. The molecule has 0 spiro atoms. The minimum absolute atomic E-state index is 0.259. The van der Waals surface area contributed by atoms with E-state index in [1.54, 1.807) is 261 Å². The summed E-state index contributed by atoms with van der Waals surface area (Å²) in [5.74, 6) is -19.4. The lowest BCUT2D eigenvalue weighted by atomic mass is 10.0. The van der Waals surface area contributed by atoms with E-state index in [9.17, 15) is 14.4 Å². The molecule has 0 saturated heterocycles. The molecule has 0 radical (unpaired) electrons. The molecule has 24 heteroatoms. The van der Waals surface area contributed by atoms with Crippen LogP contribution >= 0.6 is 0 Å². The van der Waals surface area contributed by atoms with Crippen LogP contribution in [0, 0.1) is 29.1 Å². The van der Waals surface area contributed by atoms with Gasteiger partial charge in [0.15, 0.2) is 23.3 Å².